The molecule has 0 saturated carbocycles. The average molecular weight is 461 g/mol. The zero-order valence-corrected chi connectivity index (χ0v) is 21.2. The van der Waals surface area contributed by atoms with Crippen molar-refractivity contribution in [2.45, 2.75) is 65.8 Å². The summed E-state index contributed by atoms with van der Waals surface area (Å²) in [7, 11) is -2.67. The van der Waals surface area contributed by atoms with Gasteiger partial charge in [0.15, 0.2) is 0 Å². The number of hydrogen-bond acceptors (Lipinski definition) is 5. The van der Waals surface area contributed by atoms with Crippen LogP contribution in [0, 0.1) is 0 Å². The first kappa shape index (κ1) is 26.4. The van der Waals surface area contributed by atoms with Gasteiger partial charge in [-0.1, -0.05) is 38.0 Å². The number of ether oxygens (including phenoxy) is 1. The Morgan fingerprint density at radius 1 is 0.781 bits per heavy atom. The lowest BCUT2D eigenvalue weighted by atomic mass is 9.96. The van der Waals surface area contributed by atoms with Crippen LogP contribution in [0.15, 0.2) is 42.5 Å². The molecule has 0 aliphatic heterocycles. The average Bonchev–Trinajstić information content (AvgIpc) is 2.78. The Hall–Kier alpha value is -1.86. The molecule has 2 aromatic carbocycles. The molecule has 5 nitrogen and oxygen atoms in total. The highest BCUT2D eigenvalue weighted by molar-refractivity contribution is 6.60. The van der Waals surface area contributed by atoms with Gasteiger partial charge in [0.1, 0.15) is 11.5 Å². The first-order valence-corrected chi connectivity index (χ1v) is 14.0. The molecule has 0 aliphatic rings. The molecule has 2 rings (SSSR count). The van der Waals surface area contributed by atoms with Crippen molar-refractivity contribution in [1.29, 1.82) is 0 Å². The van der Waals surface area contributed by atoms with E-state index in [-0.39, 0.29) is 5.75 Å². The minimum Gasteiger partial charge on any atom is -0.508 e. The number of rotatable bonds is 16. The van der Waals surface area contributed by atoms with Crippen LogP contribution >= 0.6 is 0 Å². The van der Waals surface area contributed by atoms with Crippen molar-refractivity contribution in [2.75, 3.05) is 26.4 Å². The summed E-state index contributed by atoms with van der Waals surface area (Å²) in [6.07, 6.45) is 5.13. The molecular weight excluding hydrogens is 420 g/mol. The van der Waals surface area contributed by atoms with E-state index in [0.29, 0.717) is 19.8 Å². The van der Waals surface area contributed by atoms with Gasteiger partial charge >= 0.3 is 8.80 Å². The largest absolute Gasteiger partial charge is 0.508 e. The molecule has 0 aromatic heterocycles. The molecule has 0 atom stereocenters. The Balaban J connectivity index is 2.09. The van der Waals surface area contributed by atoms with Gasteiger partial charge < -0.3 is 23.1 Å². The maximum atomic E-state index is 10.1. The van der Waals surface area contributed by atoms with Gasteiger partial charge in [-0.2, -0.15) is 0 Å². The molecule has 32 heavy (non-hydrogen) atoms. The van der Waals surface area contributed by atoms with E-state index in [9.17, 15) is 5.11 Å². The molecule has 0 heterocycles. The first-order valence-electron chi connectivity index (χ1n) is 12.0. The van der Waals surface area contributed by atoms with E-state index in [2.05, 4.69) is 19.1 Å². The highest BCUT2D eigenvalue weighted by Crippen LogP contribution is 2.30. The van der Waals surface area contributed by atoms with Gasteiger partial charge in [0, 0.05) is 25.9 Å². The second kappa shape index (κ2) is 14.3. The lowest BCUT2D eigenvalue weighted by molar-refractivity contribution is 0.0708. The number of aryl methyl sites for hydroxylation is 1. The monoisotopic (exact) mass is 460 g/mol. The lowest BCUT2D eigenvalue weighted by Crippen LogP contribution is -2.46. The second-order valence-electron chi connectivity index (χ2n) is 7.76. The highest BCUT2D eigenvalue weighted by atomic mass is 28.4. The predicted octanol–water partition coefficient (Wildman–Crippen LogP) is 6.61. The van der Waals surface area contributed by atoms with Gasteiger partial charge in [-0.3, -0.25) is 0 Å². The third-order valence-electron chi connectivity index (χ3n) is 5.29. The summed E-state index contributed by atoms with van der Waals surface area (Å²) < 4.78 is 23.8. The molecule has 1 N–H and O–H groups in total. The van der Waals surface area contributed by atoms with Crippen molar-refractivity contribution in [1.82, 2.24) is 0 Å². The lowest BCUT2D eigenvalue weighted by Gasteiger charge is -2.28. The maximum Gasteiger partial charge on any atom is 0.500 e. The Morgan fingerprint density at radius 3 is 2.03 bits per heavy atom. The van der Waals surface area contributed by atoms with Crippen LogP contribution in [0.25, 0.3) is 11.1 Å². The molecule has 0 bridgehead atoms. The van der Waals surface area contributed by atoms with E-state index in [1.807, 2.05) is 45.0 Å². The third-order valence-corrected chi connectivity index (χ3v) is 8.44. The minimum absolute atomic E-state index is 0.280. The summed E-state index contributed by atoms with van der Waals surface area (Å²) in [5.41, 5.74) is 3.34. The van der Waals surface area contributed by atoms with E-state index in [1.165, 1.54) is 12.8 Å². The molecule has 0 unspecified atom stereocenters. The van der Waals surface area contributed by atoms with Gasteiger partial charge in [-0.15, -0.1) is 0 Å². The summed E-state index contributed by atoms with van der Waals surface area (Å²) in [4.78, 5) is 0. The van der Waals surface area contributed by atoms with E-state index in [4.69, 9.17) is 18.0 Å². The van der Waals surface area contributed by atoms with Gasteiger partial charge in [-0.05, 0) is 81.0 Å². The van der Waals surface area contributed by atoms with Gasteiger partial charge in [0.25, 0.3) is 0 Å². The fourth-order valence-electron chi connectivity index (χ4n) is 3.84. The van der Waals surface area contributed by atoms with Crippen molar-refractivity contribution in [3.05, 3.63) is 48.0 Å². The Kier molecular flexibility index (Phi) is 11.8. The summed E-state index contributed by atoms with van der Waals surface area (Å²) >= 11 is 0. The SMILES string of the molecule is CCCCCOc1ccc(-c2ccc(O)cc2CCC[Si](OCC)(OCC)OCC)cc1. The van der Waals surface area contributed by atoms with Gasteiger partial charge in [-0.25, -0.2) is 0 Å². The molecule has 0 fully saturated rings. The first-order chi connectivity index (χ1) is 15.6. The Bertz CT molecular complexity index is 761. The van der Waals surface area contributed by atoms with Crippen molar-refractivity contribution >= 4 is 8.80 Å². The molecular formula is C26H40O5Si. The summed E-state index contributed by atoms with van der Waals surface area (Å²) in [6, 6.07) is 14.6. The number of benzene rings is 2. The topological polar surface area (TPSA) is 57.2 Å². The minimum atomic E-state index is -2.67. The second-order valence-corrected chi connectivity index (χ2v) is 10.5. The summed E-state index contributed by atoms with van der Waals surface area (Å²) in [5, 5.41) is 10.1. The molecule has 6 heteroatoms. The van der Waals surface area contributed by atoms with Crippen LogP contribution in [0.4, 0.5) is 0 Å². The van der Waals surface area contributed by atoms with Crippen LogP contribution in [0.5, 0.6) is 11.5 Å². The maximum absolute atomic E-state index is 10.1. The Morgan fingerprint density at radius 2 is 1.44 bits per heavy atom. The highest BCUT2D eigenvalue weighted by Gasteiger charge is 2.39. The molecule has 0 saturated heterocycles. The molecule has 0 radical (unpaired) electrons. The Labute approximate surface area is 195 Å². The summed E-state index contributed by atoms with van der Waals surface area (Å²) in [5.74, 6) is 1.17. The van der Waals surface area contributed by atoms with E-state index < -0.39 is 8.80 Å². The fourth-order valence-corrected chi connectivity index (χ4v) is 6.45. The van der Waals surface area contributed by atoms with Crippen molar-refractivity contribution in [3.63, 3.8) is 0 Å². The number of aromatic hydroxyl groups is 1. The van der Waals surface area contributed by atoms with E-state index in [1.54, 1.807) is 6.07 Å². The smallest absolute Gasteiger partial charge is 0.500 e. The van der Waals surface area contributed by atoms with E-state index in [0.717, 1.165) is 54.4 Å². The number of phenols is 1. The van der Waals surface area contributed by atoms with Crippen molar-refractivity contribution in [2.24, 2.45) is 0 Å². The van der Waals surface area contributed by atoms with Crippen LogP contribution in [0.1, 0.15) is 58.9 Å². The molecule has 0 aliphatic carbocycles. The molecule has 178 valence electrons. The van der Waals surface area contributed by atoms with E-state index >= 15 is 0 Å². The predicted molar refractivity (Wildman–Crippen MR) is 132 cm³/mol. The van der Waals surface area contributed by atoms with Crippen LogP contribution in [0.2, 0.25) is 6.04 Å². The number of phenolic OH excluding ortho intramolecular Hbond substituents is 1. The normalized spacial score (nSPS) is 11.6. The number of hydrogen-bond donors (Lipinski definition) is 1. The van der Waals surface area contributed by atoms with Crippen LogP contribution in [-0.4, -0.2) is 40.3 Å². The molecule has 2 aromatic rings. The van der Waals surface area contributed by atoms with Crippen LogP contribution < -0.4 is 4.74 Å². The molecule has 0 amide bonds. The third kappa shape index (κ3) is 8.24. The van der Waals surface area contributed by atoms with Crippen LogP contribution in [0.3, 0.4) is 0 Å². The standard InChI is InChI=1S/C26H40O5Si/c1-5-9-10-19-28-25-16-13-22(14-17-25)26-18-15-24(27)21-23(26)12-11-20-32(29-6-2,30-7-3)31-8-4/h13-18,21,27H,5-12,19-20H2,1-4H3. The quantitative estimate of drug-likeness (QED) is 0.226. The van der Waals surface area contributed by atoms with Crippen LogP contribution in [-0.2, 0) is 19.7 Å². The summed E-state index contributed by atoms with van der Waals surface area (Å²) in [6.45, 7) is 10.6. The number of unbranched alkanes of at least 4 members (excludes halogenated alkanes) is 2. The fraction of sp³-hybridized carbons (Fsp3) is 0.538. The van der Waals surface area contributed by atoms with Gasteiger partial charge in [0.2, 0.25) is 0 Å². The zero-order valence-electron chi connectivity index (χ0n) is 20.2. The molecule has 0 spiro atoms. The van der Waals surface area contributed by atoms with Gasteiger partial charge in [0.05, 0.1) is 6.61 Å². The zero-order chi connectivity index (χ0) is 23.2. The van der Waals surface area contributed by atoms with Crippen molar-refractivity contribution in [3.8, 4) is 22.6 Å². The van der Waals surface area contributed by atoms with Crippen molar-refractivity contribution < 1.29 is 23.1 Å².